The third kappa shape index (κ3) is 3.14. The molecule has 1 fully saturated rings. The van der Waals surface area contributed by atoms with Crippen LogP contribution in [0.1, 0.15) is 19.8 Å². The van der Waals surface area contributed by atoms with Gasteiger partial charge in [-0.15, -0.1) is 0 Å². The van der Waals surface area contributed by atoms with E-state index in [0.29, 0.717) is 25.9 Å². The molecule has 0 radical (unpaired) electrons. The summed E-state index contributed by atoms with van der Waals surface area (Å²) < 4.78 is 12.2. The summed E-state index contributed by atoms with van der Waals surface area (Å²) in [6.07, 6.45) is 0.352. The quantitative estimate of drug-likeness (QED) is 0.723. The van der Waals surface area contributed by atoms with Gasteiger partial charge in [-0.1, -0.05) is 0 Å². The molecule has 3 atom stereocenters. The zero-order chi connectivity index (χ0) is 11.4. The number of alkyl halides is 1. The van der Waals surface area contributed by atoms with Crippen molar-refractivity contribution in [1.29, 1.82) is 0 Å². The van der Waals surface area contributed by atoms with E-state index in [0.717, 1.165) is 0 Å². The highest BCUT2D eigenvalue weighted by molar-refractivity contribution is 5.72. The summed E-state index contributed by atoms with van der Waals surface area (Å²) in [5, 5.41) is 18.4. The third-order valence-electron chi connectivity index (χ3n) is 3.11. The molecule has 0 aliphatic carbocycles. The first-order valence-corrected chi connectivity index (χ1v) is 5.27. The predicted octanol–water partition coefficient (Wildman–Crippen LogP) is 0.502. The van der Waals surface area contributed by atoms with Crippen LogP contribution in [-0.4, -0.2) is 53.0 Å². The van der Waals surface area contributed by atoms with E-state index < -0.39 is 24.8 Å². The average molecular weight is 219 g/mol. The molecule has 0 spiro atoms. The summed E-state index contributed by atoms with van der Waals surface area (Å²) in [6.45, 7) is 2.19. The standard InChI is InChI=1S/C10H18FNO3/c1-7(10(14)15)12-5-3-9(13)8(6-12)2-4-11/h7-9,13H,2-6H2,1H3,(H,14,15)/t7-,8+,9+/m1/s1. The van der Waals surface area contributed by atoms with Gasteiger partial charge in [0.2, 0.25) is 0 Å². The molecule has 1 aliphatic rings. The van der Waals surface area contributed by atoms with Crippen molar-refractivity contribution in [2.75, 3.05) is 19.8 Å². The molecule has 1 aliphatic heterocycles. The first kappa shape index (κ1) is 12.4. The number of rotatable bonds is 4. The van der Waals surface area contributed by atoms with Crippen LogP contribution in [0, 0.1) is 5.92 Å². The average Bonchev–Trinajstić information content (AvgIpc) is 2.20. The number of nitrogens with zero attached hydrogens (tertiary/aromatic N) is 1. The third-order valence-corrected chi connectivity index (χ3v) is 3.11. The Bertz CT molecular complexity index is 225. The van der Waals surface area contributed by atoms with Gasteiger partial charge >= 0.3 is 5.97 Å². The number of piperidine rings is 1. The molecule has 15 heavy (non-hydrogen) atoms. The van der Waals surface area contributed by atoms with Crippen molar-refractivity contribution >= 4 is 5.97 Å². The molecule has 0 aromatic carbocycles. The molecule has 0 aromatic heterocycles. The van der Waals surface area contributed by atoms with Crippen molar-refractivity contribution in [2.24, 2.45) is 5.92 Å². The Morgan fingerprint density at radius 2 is 2.33 bits per heavy atom. The van der Waals surface area contributed by atoms with Crippen LogP contribution < -0.4 is 0 Å². The second-order valence-corrected chi connectivity index (χ2v) is 4.10. The van der Waals surface area contributed by atoms with Gasteiger partial charge in [-0.05, 0) is 19.8 Å². The van der Waals surface area contributed by atoms with E-state index in [1.807, 2.05) is 0 Å². The molecule has 0 amide bonds. The zero-order valence-corrected chi connectivity index (χ0v) is 8.90. The van der Waals surface area contributed by atoms with Gasteiger partial charge in [0.25, 0.3) is 0 Å². The first-order valence-electron chi connectivity index (χ1n) is 5.27. The van der Waals surface area contributed by atoms with Crippen LogP contribution in [-0.2, 0) is 4.79 Å². The Hall–Kier alpha value is -0.680. The van der Waals surface area contributed by atoms with Crippen LogP contribution in [0.25, 0.3) is 0 Å². The number of carboxylic acid groups (broad SMARTS) is 1. The molecule has 4 nitrogen and oxygen atoms in total. The molecule has 2 N–H and O–H groups in total. The van der Waals surface area contributed by atoms with Crippen LogP contribution in [0.2, 0.25) is 0 Å². The summed E-state index contributed by atoms with van der Waals surface area (Å²) in [6, 6.07) is -0.556. The zero-order valence-electron chi connectivity index (χ0n) is 8.90. The molecule has 88 valence electrons. The Morgan fingerprint density at radius 1 is 1.67 bits per heavy atom. The highest BCUT2D eigenvalue weighted by Gasteiger charge is 2.31. The summed E-state index contributed by atoms with van der Waals surface area (Å²) in [5.74, 6) is -1.00. The Morgan fingerprint density at radius 3 is 2.87 bits per heavy atom. The number of halogens is 1. The van der Waals surface area contributed by atoms with Gasteiger partial charge in [-0.2, -0.15) is 0 Å². The predicted molar refractivity (Wildman–Crippen MR) is 53.4 cm³/mol. The summed E-state index contributed by atoms with van der Waals surface area (Å²) in [5.41, 5.74) is 0. The van der Waals surface area contributed by atoms with Crippen molar-refractivity contribution in [3.8, 4) is 0 Å². The van der Waals surface area contributed by atoms with E-state index in [1.165, 1.54) is 0 Å². The smallest absolute Gasteiger partial charge is 0.320 e. The SMILES string of the molecule is C[C@H](C(=O)O)N1CC[C@H](O)[C@@H](CCF)C1. The lowest BCUT2D eigenvalue weighted by atomic mass is 9.91. The largest absolute Gasteiger partial charge is 0.480 e. The molecule has 0 bridgehead atoms. The van der Waals surface area contributed by atoms with E-state index in [9.17, 15) is 14.3 Å². The van der Waals surface area contributed by atoms with Crippen molar-refractivity contribution in [3.05, 3.63) is 0 Å². The fourth-order valence-corrected chi connectivity index (χ4v) is 1.98. The molecule has 0 saturated carbocycles. The topological polar surface area (TPSA) is 60.8 Å². The number of likely N-dealkylation sites (tertiary alicyclic amines) is 1. The number of carboxylic acids is 1. The van der Waals surface area contributed by atoms with Crippen LogP contribution in [0.15, 0.2) is 0 Å². The highest BCUT2D eigenvalue weighted by atomic mass is 19.1. The van der Waals surface area contributed by atoms with Crippen molar-refractivity contribution in [2.45, 2.75) is 31.9 Å². The maximum absolute atomic E-state index is 12.2. The van der Waals surface area contributed by atoms with Gasteiger partial charge in [-0.25, -0.2) is 0 Å². The van der Waals surface area contributed by atoms with E-state index in [-0.39, 0.29) is 5.92 Å². The van der Waals surface area contributed by atoms with Crippen molar-refractivity contribution < 1.29 is 19.4 Å². The lowest BCUT2D eigenvalue weighted by Crippen LogP contribution is -2.49. The molecule has 1 heterocycles. The number of hydrogen-bond acceptors (Lipinski definition) is 3. The minimum Gasteiger partial charge on any atom is -0.480 e. The molecular formula is C10H18FNO3. The van der Waals surface area contributed by atoms with Gasteiger partial charge in [0, 0.05) is 19.0 Å². The molecular weight excluding hydrogens is 201 g/mol. The maximum atomic E-state index is 12.2. The van der Waals surface area contributed by atoms with E-state index in [2.05, 4.69) is 0 Å². The normalized spacial score (nSPS) is 30.1. The molecule has 1 rings (SSSR count). The van der Waals surface area contributed by atoms with Gasteiger partial charge in [0.1, 0.15) is 6.04 Å². The monoisotopic (exact) mass is 219 g/mol. The van der Waals surface area contributed by atoms with Crippen LogP contribution in [0.5, 0.6) is 0 Å². The fourth-order valence-electron chi connectivity index (χ4n) is 1.98. The van der Waals surface area contributed by atoms with E-state index in [1.54, 1.807) is 11.8 Å². The lowest BCUT2D eigenvalue weighted by Gasteiger charge is -2.37. The summed E-state index contributed by atoms with van der Waals surface area (Å²) in [4.78, 5) is 12.6. The number of aliphatic hydroxyl groups excluding tert-OH is 1. The van der Waals surface area contributed by atoms with E-state index in [4.69, 9.17) is 5.11 Å². The summed E-state index contributed by atoms with van der Waals surface area (Å²) >= 11 is 0. The minimum absolute atomic E-state index is 0.134. The Balaban J connectivity index is 2.53. The van der Waals surface area contributed by atoms with Crippen LogP contribution in [0.3, 0.4) is 0 Å². The van der Waals surface area contributed by atoms with Gasteiger partial charge in [0.05, 0.1) is 12.8 Å². The minimum atomic E-state index is -0.870. The second kappa shape index (κ2) is 5.42. The highest BCUT2D eigenvalue weighted by Crippen LogP contribution is 2.22. The molecule has 5 heteroatoms. The maximum Gasteiger partial charge on any atom is 0.320 e. The Labute approximate surface area is 88.7 Å². The molecule has 0 unspecified atom stereocenters. The van der Waals surface area contributed by atoms with Crippen LogP contribution >= 0.6 is 0 Å². The lowest BCUT2D eigenvalue weighted by molar-refractivity contribution is -0.144. The molecule has 1 saturated heterocycles. The van der Waals surface area contributed by atoms with Gasteiger partial charge in [-0.3, -0.25) is 14.1 Å². The van der Waals surface area contributed by atoms with Crippen molar-refractivity contribution in [1.82, 2.24) is 4.90 Å². The van der Waals surface area contributed by atoms with Crippen LogP contribution in [0.4, 0.5) is 4.39 Å². The second-order valence-electron chi connectivity index (χ2n) is 4.10. The number of aliphatic carboxylic acids is 1. The number of carbonyl (C=O) groups is 1. The number of hydrogen-bond donors (Lipinski definition) is 2. The van der Waals surface area contributed by atoms with Gasteiger partial charge < -0.3 is 10.2 Å². The van der Waals surface area contributed by atoms with Crippen molar-refractivity contribution in [3.63, 3.8) is 0 Å². The van der Waals surface area contributed by atoms with E-state index >= 15 is 0 Å². The summed E-state index contributed by atoms with van der Waals surface area (Å²) in [7, 11) is 0. The number of aliphatic hydroxyl groups is 1. The molecule has 0 aromatic rings. The van der Waals surface area contributed by atoms with Gasteiger partial charge in [0.15, 0.2) is 0 Å². The Kier molecular flexibility index (Phi) is 4.47. The first-order chi connectivity index (χ1) is 7.06. The fraction of sp³-hybridized carbons (Fsp3) is 0.900.